The number of carbonyl (C=O) groups is 2. The number of hydrogen-bond donors (Lipinski definition) is 1. The molecular formula is C6H5NO4-2. The van der Waals surface area contributed by atoms with Gasteiger partial charge >= 0.3 is 0 Å². The van der Waals surface area contributed by atoms with E-state index in [1.807, 2.05) is 0 Å². The van der Waals surface area contributed by atoms with E-state index in [0.29, 0.717) is 6.08 Å². The standard InChI is InChI=1S/C6H7NO4/c7-4(6(10)11)2-1-3-5(8)9/h1-3H,7H2,(H,8,9)(H,10,11)/p-2. The molecule has 2 N–H and O–H groups in total. The van der Waals surface area contributed by atoms with E-state index < -0.39 is 17.6 Å². The van der Waals surface area contributed by atoms with E-state index in [0.717, 1.165) is 12.2 Å². The lowest BCUT2D eigenvalue weighted by molar-refractivity contribution is -0.300. The average molecular weight is 155 g/mol. The molecule has 0 aliphatic rings. The predicted molar refractivity (Wildman–Crippen MR) is 31.4 cm³/mol. The van der Waals surface area contributed by atoms with Gasteiger partial charge in [0.25, 0.3) is 0 Å². The molecule has 0 atom stereocenters. The molecule has 0 fully saturated rings. The van der Waals surface area contributed by atoms with Gasteiger partial charge in [-0.3, -0.25) is 0 Å². The van der Waals surface area contributed by atoms with Gasteiger partial charge in [0, 0.05) is 0 Å². The Labute approximate surface area is 62.4 Å². The molecule has 0 bridgehead atoms. The summed E-state index contributed by atoms with van der Waals surface area (Å²) in [6.07, 6.45) is 2.49. The second-order valence-corrected chi connectivity index (χ2v) is 1.59. The van der Waals surface area contributed by atoms with Crippen molar-refractivity contribution in [1.82, 2.24) is 0 Å². The van der Waals surface area contributed by atoms with Crippen LogP contribution < -0.4 is 15.9 Å². The molecule has 0 aliphatic carbocycles. The summed E-state index contributed by atoms with van der Waals surface area (Å²) in [6.45, 7) is 0. The number of aliphatic carboxylic acids is 2. The smallest absolute Gasteiger partial charge is 0.0872 e. The largest absolute Gasteiger partial charge is 0.545 e. The zero-order valence-electron chi connectivity index (χ0n) is 5.44. The Morgan fingerprint density at radius 2 is 1.82 bits per heavy atom. The maximum atomic E-state index is 9.87. The van der Waals surface area contributed by atoms with E-state index in [1.165, 1.54) is 0 Å². The lowest BCUT2D eigenvalue weighted by Crippen LogP contribution is -2.28. The molecule has 0 saturated heterocycles. The van der Waals surface area contributed by atoms with Crippen LogP contribution in [0.3, 0.4) is 0 Å². The first-order chi connectivity index (χ1) is 5.04. The number of allylic oxidation sites excluding steroid dienone is 2. The van der Waals surface area contributed by atoms with E-state index in [4.69, 9.17) is 5.73 Å². The first-order valence-electron chi connectivity index (χ1n) is 2.60. The molecule has 60 valence electrons. The molecule has 0 heterocycles. The SMILES string of the molecule is NC(=CC=CC(=O)[O-])C(=O)[O-]. The van der Waals surface area contributed by atoms with Gasteiger partial charge in [0.2, 0.25) is 0 Å². The number of rotatable bonds is 3. The molecule has 0 aromatic rings. The van der Waals surface area contributed by atoms with Gasteiger partial charge in [0.05, 0.1) is 17.6 Å². The molecule has 0 aromatic carbocycles. The van der Waals surface area contributed by atoms with E-state index in [-0.39, 0.29) is 0 Å². The van der Waals surface area contributed by atoms with Crippen LogP contribution in [-0.2, 0) is 9.59 Å². The zero-order chi connectivity index (χ0) is 8.85. The van der Waals surface area contributed by atoms with Gasteiger partial charge in [-0.2, -0.15) is 0 Å². The third-order valence-corrected chi connectivity index (χ3v) is 0.744. The molecular weight excluding hydrogens is 150 g/mol. The van der Waals surface area contributed by atoms with Crippen LogP contribution in [0.4, 0.5) is 0 Å². The Hall–Kier alpha value is -1.78. The molecule has 5 heteroatoms. The third kappa shape index (κ3) is 4.71. The summed E-state index contributed by atoms with van der Waals surface area (Å²) in [7, 11) is 0. The van der Waals surface area contributed by atoms with Crippen molar-refractivity contribution in [2.24, 2.45) is 5.73 Å². The lowest BCUT2D eigenvalue weighted by atomic mass is 10.4. The number of nitrogens with two attached hydrogens (primary N) is 1. The molecule has 0 aromatic heterocycles. The fraction of sp³-hybridized carbons (Fsp3) is 0. The second-order valence-electron chi connectivity index (χ2n) is 1.59. The minimum absolute atomic E-state index is 0.539. The van der Waals surface area contributed by atoms with Gasteiger partial charge in [0.1, 0.15) is 0 Å². The summed E-state index contributed by atoms with van der Waals surface area (Å²) in [6, 6.07) is 0. The Bertz CT molecular complexity index is 229. The van der Waals surface area contributed by atoms with Crippen molar-refractivity contribution >= 4 is 11.9 Å². The quantitative estimate of drug-likeness (QED) is 0.343. The fourth-order valence-electron chi connectivity index (χ4n) is 0.298. The summed E-state index contributed by atoms with van der Waals surface area (Å²) in [5.74, 6) is -2.97. The van der Waals surface area contributed by atoms with Crippen molar-refractivity contribution in [3.05, 3.63) is 23.9 Å². The van der Waals surface area contributed by atoms with Crippen LogP contribution in [0.1, 0.15) is 0 Å². The van der Waals surface area contributed by atoms with Crippen molar-refractivity contribution in [1.29, 1.82) is 0 Å². The summed E-state index contributed by atoms with van der Waals surface area (Å²) >= 11 is 0. The minimum Gasteiger partial charge on any atom is -0.545 e. The van der Waals surface area contributed by atoms with Gasteiger partial charge in [-0.15, -0.1) is 0 Å². The molecule has 0 saturated carbocycles. The molecule has 0 amide bonds. The summed E-state index contributed by atoms with van der Waals surface area (Å²) in [5.41, 5.74) is 4.30. The van der Waals surface area contributed by atoms with E-state index in [9.17, 15) is 19.8 Å². The Morgan fingerprint density at radius 1 is 1.27 bits per heavy atom. The van der Waals surface area contributed by atoms with Crippen molar-refractivity contribution in [2.75, 3.05) is 0 Å². The highest BCUT2D eigenvalue weighted by molar-refractivity contribution is 5.84. The monoisotopic (exact) mass is 155 g/mol. The number of hydrogen-bond acceptors (Lipinski definition) is 5. The summed E-state index contributed by atoms with van der Waals surface area (Å²) in [4.78, 5) is 19.6. The van der Waals surface area contributed by atoms with Crippen LogP contribution in [0.5, 0.6) is 0 Å². The highest BCUT2D eigenvalue weighted by Gasteiger charge is 1.84. The molecule has 5 nitrogen and oxygen atoms in total. The normalized spacial score (nSPS) is 11.8. The van der Waals surface area contributed by atoms with Crippen LogP contribution >= 0.6 is 0 Å². The molecule has 0 spiro atoms. The van der Waals surface area contributed by atoms with Crippen LogP contribution in [0.2, 0.25) is 0 Å². The van der Waals surface area contributed by atoms with Gasteiger partial charge in [-0.25, -0.2) is 0 Å². The summed E-state index contributed by atoms with van der Waals surface area (Å²) in [5, 5.41) is 19.6. The first-order valence-corrected chi connectivity index (χ1v) is 2.60. The second kappa shape index (κ2) is 4.10. The Kier molecular flexibility index (Phi) is 3.44. The van der Waals surface area contributed by atoms with Crippen molar-refractivity contribution in [3.8, 4) is 0 Å². The fourth-order valence-corrected chi connectivity index (χ4v) is 0.298. The lowest BCUT2D eigenvalue weighted by Gasteiger charge is -1.97. The van der Waals surface area contributed by atoms with Gasteiger partial charge in [0.15, 0.2) is 0 Å². The maximum Gasteiger partial charge on any atom is 0.0872 e. The Morgan fingerprint density at radius 3 is 2.18 bits per heavy atom. The van der Waals surface area contributed by atoms with Gasteiger partial charge in [-0.05, 0) is 12.2 Å². The van der Waals surface area contributed by atoms with Crippen LogP contribution in [0.25, 0.3) is 0 Å². The minimum atomic E-state index is -1.55. The van der Waals surface area contributed by atoms with E-state index >= 15 is 0 Å². The highest BCUT2D eigenvalue weighted by atomic mass is 16.4. The first kappa shape index (κ1) is 9.22. The van der Waals surface area contributed by atoms with Crippen molar-refractivity contribution in [2.45, 2.75) is 0 Å². The number of carboxylic acids is 2. The molecule has 11 heavy (non-hydrogen) atoms. The van der Waals surface area contributed by atoms with Crippen molar-refractivity contribution < 1.29 is 19.8 Å². The average Bonchev–Trinajstić information content (AvgIpc) is 1.86. The molecule has 0 unspecified atom stereocenters. The van der Waals surface area contributed by atoms with Crippen LogP contribution in [0, 0.1) is 0 Å². The summed E-state index contributed by atoms with van der Waals surface area (Å²) < 4.78 is 0. The van der Waals surface area contributed by atoms with Gasteiger partial charge < -0.3 is 25.5 Å². The zero-order valence-corrected chi connectivity index (χ0v) is 5.44. The molecule has 0 radical (unpaired) electrons. The van der Waals surface area contributed by atoms with E-state index in [1.54, 1.807) is 0 Å². The predicted octanol–water partition coefficient (Wildman–Crippen LogP) is -3.11. The van der Waals surface area contributed by atoms with Crippen LogP contribution in [-0.4, -0.2) is 11.9 Å². The number of carbonyl (C=O) groups excluding carboxylic acids is 2. The van der Waals surface area contributed by atoms with Crippen LogP contribution in [0.15, 0.2) is 23.9 Å². The molecule has 0 aliphatic heterocycles. The highest BCUT2D eigenvalue weighted by Crippen LogP contribution is 1.81. The topological polar surface area (TPSA) is 106 Å². The molecule has 0 rings (SSSR count). The van der Waals surface area contributed by atoms with Gasteiger partial charge in [-0.1, -0.05) is 6.08 Å². The third-order valence-electron chi connectivity index (χ3n) is 0.744. The maximum absolute atomic E-state index is 9.87. The Balaban J connectivity index is 4.13. The number of carboxylic acid groups (broad SMARTS) is 2. The van der Waals surface area contributed by atoms with Crippen molar-refractivity contribution in [3.63, 3.8) is 0 Å². The van der Waals surface area contributed by atoms with E-state index in [2.05, 4.69) is 0 Å².